The van der Waals surface area contributed by atoms with E-state index in [1.54, 1.807) is 25.1 Å². The fourth-order valence-corrected chi connectivity index (χ4v) is 3.76. The number of hydrogen-bond acceptors (Lipinski definition) is 5. The number of carbonyl (C=O) groups is 2. The van der Waals surface area contributed by atoms with Gasteiger partial charge in [0.1, 0.15) is 16.9 Å². The first-order valence-corrected chi connectivity index (χ1v) is 10.2. The molecule has 6 nitrogen and oxygen atoms in total. The van der Waals surface area contributed by atoms with Gasteiger partial charge < -0.3 is 19.5 Å². The summed E-state index contributed by atoms with van der Waals surface area (Å²) >= 11 is 0. The van der Waals surface area contributed by atoms with Gasteiger partial charge >= 0.3 is 5.97 Å². The molecule has 0 radical (unpaired) electrons. The molecule has 0 saturated heterocycles. The van der Waals surface area contributed by atoms with Crippen molar-refractivity contribution in [1.29, 1.82) is 0 Å². The number of benzene rings is 1. The average molecular weight is 392 g/mol. The third kappa shape index (κ3) is 5.47. The lowest BCUT2D eigenvalue weighted by atomic mass is 9.78. The summed E-state index contributed by atoms with van der Waals surface area (Å²) in [5.74, 6) is 0.244. The minimum Gasteiger partial charge on any atom is -0.490 e. The van der Waals surface area contributed by atoms with Crippen LogP contribution in [0.15, 0.2) is 18.2 Å². The quantitative estimate of drug-likeness (QED) is 0.657. The summed E-state index contributed by atoms with van der Waals surface area (Å²) in [5.41, 5.74) is 0.0150. The van der Waals surface area contributed by atoms with Crippen LogP contribution in [-0.4, -0.2) is 36.8 Å². The highest BCUT2D eigenvalue weighted by atomic mass is 16.5. The molecule has 2 atom stereocenters. The molecule has 6 heteroatoms. The third-order valence-corrected chi connectivity index (χ3v) is 4.89. The van der Waals surface area contributed by atoms with Crippen LogP contribution in [0.4, 0.5) is 5.69 Å². The zero-order chi connectivity index (χ0) is 20.7. The first kappa shape index (κ1) is 22.2. The van der Waals surface area contributed by atoms with Gasteiger partial charge in [-0.2, -0.15) is 0 Å². The predicted molar refractivity (Wildman–Crippen MR) is 109 cm³/mol. The molecule has 1 aromatic carbocycles. The maximum Gasteiger partial charge on any atom is 0.341 e. The second-order valence-electron chi connectivity index (χ2n) is 7.68. The van der Waals surface area contributed by atoms with E-state index in [0.717, 1.165) is 12.8 Å². The number of hydrogen-bond donors (Lipinski definition) is 1. The molecule has 0 spiro atoms. The summed E-state index contributed by atoms with van der Waals surface area (Å²) in [4.78, 5) is 25.5. The van der Waals surface area contributed by atoms with E-state index < -0.39 is 11.6 Å². The van der Waals surface area contributed by atoms with Crippen molar-refractivity contribution < 1.29 is 23.8 Å². The highest BCUT2D eigenvalue weighted by molar-refractivity contribution is 5.99. The summed E-state index contributed by atoms with van der Waals surface area (Å²) in [5, 5.41) is 2.95. The van der Waals surface area contributed by atoms with E-state index in [1.807, 2.05) is 20.8 Å². The minimum absolute atomic E-state index is 0.0847. The topological polar surface area (TPSA) is 73.9 Å². The Morgan fingerprint density at radius 3 is 2.61 bits per heavy atom. The van der Waals surface area contributed by atoms with Crippen molar-refractivity contribution in [2.75, 3.05) is 18.5 Å². The first-order valence-electron chi connectivity index (χ1n) is 10.2. The monoisotopic (exact) mass is 391 g/mol. The van der Waals surface area contributed by atoms with Crippen molar-refractivity contribution in [3.05, 3.63) is 23.8 Å². The van der Waals surface area contributed by atoms with Crippen LogP contribution >= 0.6 is 0 Å². The molecular weight excluding hydrogens is 358 g/mol. The SMILES string of the molecule is CCOC(=O)c1cc(NC(=O)C2(OCC)CCCC(C)C2)ccc1OC(C)C. The van der Waals surface area contributed by atoms with Crippen LogP contribution in [0.2, 0.25) is 0 Å². The number of ether oxygens (including phenoxy) is 3. The van der Waals surface area contributed by atoms with Gasteiger partial charge in [0.2, 0.25) is 0 Å². The lowest BCUT2D eigenvalue weighted by molar-refractivity contribution is -0.147. The molecule has 2 rings (SSSR count). The molecule has 1 aromatic rings. The molecule has 1 aliphatic rings. The van der Waals surface area contributed by atoms with Crippen LogP contribution in [0, 0.1) is 5.92 Å². The van der Waals surface area contributed by atoms with Gasteiger partial charge in [0.05, 0.1) is 12.7 Å². The van der Waals surface area contributed by atoms with Crippen molar-refractivity contribution in [2.45, 2.75) is 72.0 Å². The van der Waals surface area contributed by atoms with Gasteiger partial charge in [-0.3, -0.25) is 4.79 Å². The molecule has 0 aromatic heterocycles. The second-order valence-corrected chi connectivity index (χ2v) is 7.68. The first-order chi connectivity index (χ1) is 13.3. The Labute approximate surface area is 167 Å². The van der Waals surface area contributed by atoms with Crippen LogP contribution in [0.1, 0.15) is 70.7 Å². The van der Waals surface area contributed by atoms with Crippen molar-refractivity contribution in [3.63, 3.8) is 0 Å². The summed E-state index contributed by atoms with van der Waals surface area (Å²) in [6.45, 7) is 10.3. The van der Waals surface area contributed by atoms with E-state index in [1.165, 1.54) is 0 Å². The maximum atomic E-state index is 13.1. The van der Waals surface area contributed by atoms with Gasteiger partial charge in [0, 0.05) is 12.3 Å². The summed E-state index contributed by atoms with van der Waals surface area (Å²) in [6, 6.07) is 5.04. The molecule has 0 bridgehead atoms. The number of carbonyl (C=O) groups excluding carboxylic acids is 2. The Balaban J connectivity index is 2.27. The number of rotatable bonds is 8. The minimum atomic E-state index is -0.816. The molecule has 1 N–H and O–H groups in total. The van der Waals surface area contributed by atoms with Crippen LogP contribution in [0.25, 0.3) is 0 Å². The summed E-state index contributed by atoms with van der Waals surface area (Å²) < 4.78 is 16.8. The molecule has 156 valence electrons. The number of esters is 1. The average Bonchev–Trinajstić information content (AvgIpc) is 2.63. The van der Waals surface area contributed by atoms with E-state index in [4.69, 9.17) is 14.2 Å². The van der Waals surface area contributed by atoms with Crippen molar-refractivity contribution in [2.24, 2.45) is 5.92 Å². The lowest BCUT2D eigenvalue weighted by Gasteiger charge is -2.38. The highest BCUT2D eigenvalue weighted by Gasteiger charge is 2.42. The summed E-state index contributed by atoms with van der Waals surface area (Å²) in [7, 11) is 0. The fourth-order valence-electron chi connectivity index (χ4n) is 3.76. The van der Waals surface area contributed by atoms with Gasteiger partial charge in [-0.25, -0.2) is 4.79 Å². The van der Waals surface area contributed by atoms with Crippen molar-refractivity contribution in [1.82, 2.24) is 0 Å². The van der Waals surface area contributed by atoms with E-state index in [0.29, 0.717) is 42.4 Å². The zero-order valence-corrected chi connectivity index (χ0v) is 17.7. The lowest BCUT2D eigenvalue weighted by Crippen LogP contribution is -2.48. The van der Waals surface area contributed by atoms with E-state index in [-0.39, 0.29) is 18.6 Å². The standard InChI is InChI=1S/C22H33NO5/c1-6-26-20(24)18-13-17(10-11-19(18)28-15(3)4)23-21(25)22(27-7-2)12-8-9-16(5)14-22/h10-11,13,15-16H,6-9,12,14H2,1-5H3,(H,23,25). The Morgan fingerprint density at radius 1 is 1.25 bits per heavy atom. The fraction of sp³-hybridized carbons (Fsp3) is 0.636. The van der Waals surface area contributed by atoms with Crippen LogP contribution in [-0.2, 0) is 14.3 Å². The van der Waals surface area contributed by atoms with Crippen LogP contribution in [0.5, 0.6) is 5.75 Å². The van der Waals surface area contributed by atoms with Gasteiger partial charge in [0.15, 0.2) is 0 Å². The molecule has 1 saturated carbocycles. The van der Waals surface area contributed by atoms with Gasteiger partial charge in [-0.1, -0.05) is 13.3 Å². The Hall–Kier alpha value is -2.08. The van der Waals surface area contributed by atoms with E-state index in [2.05, 4.69) is 12.2 Å². The largest absolute Gasteiger partial charge is 0.490 e. The van der Waals surface area contributed by atoms with Gasteiger partial charge in [-0.05, 0) is 71.1 Å². The Morgan fingerprint density at radius 2 is 2.00 bits per heavy atom. The predicted octanol–water partition coefficient (Wildman–Crippen LogP) is 4.57. The summed E-state index contributed by atoms with van der Waals surface area (Å²) in [6.07, 6.45) is 3.39. The normalized spacial score (nSPS) is 22.0. The molecule has 0 heterocycles. The smallest absolute Gasteiger partial charge is 0.341 e. The van der Waals surface area contributed by atoms with Crippen LogP contribution < -0.4 is 10.1 Å². The van der Waals surface area contributed by atoms with Gasteiger partial charge in [0.25, 0.3) is 5.91 Å². The third-order valence-electron chi connectivity index (χ3n) is 4.89. The molecule has 0 aliphatic heterocycles. The Bertz CT molecular complexity index is 684. The molecule has 28 heavy (non-hydrogen) atoms. The van der Waals surface area contributed by atoms with Crippen molar-refractivity contribution >= 4 is 17.6 Å². The van der Waals surface area contributed by atoms with Crippen LogP contribution in [0.3, 0.4) is 0 Å². The van der Waals surface area contributed by atoms with Gasteiger partial charge in [-0.15, -0.1) is 0 Å². The zero-order valence-electron chi connectivity index (χ0n) is 17.7. The van der Waals surface area contributed by atoms with E-state index >= 15 is 0 Å². The molecule has 1 aliphatic carbocycles. The molecule has 2 unspecified atom stereocenters. The van der Waals surface area contributed by atoms with Crippen molar-refractivity contribution in [3.8, 4) is 5.75 Å². The highest BCUT2D eigenvalue weighted by Crippen LogP contribution is 2.36. The number of amides is 1. The maximum absolute atomic E-state index is 13.1. The molecular formula is C22H33NO5. The molecule has 1 fully saturated rings. The van der Waals surface area contributed by atoms with E-state index in [9.17, 15) is 9.59 Å². The Kier molecular flexibility index (Phi) is 7.87. The molecule has 1 amide bonds. The second kappa shape index (κ2) is 9.92. The number of anilines is 1. The number of nitrogens with one attached hydrogen (secondary N) is 1.